The summed E-state index contributed by atoms with van der Waals surface area (Å²) in [7, 11) is -2.07. The quantitative estimate of drug-likeness (QED) is 0.685. The number of hydrogen-bond acceptors (Lipinski definition) is 5. The highest BCUT2D eigenvalue weighted by molar-refractivity contribution is 9.10. The summed E-state index contributed by atoms with van der Waals surface area (Å²) in [4.78, 5) is 18.1. The Morgan fingerprint density at radius 2 is 2.04 bits per heavy atom. The minimum Gasteiger partial charge on any atom is -0.444 e. The predicted molar refractivity (Wildman–Crippen MR) is 111 cm³/mol. The van der Waals surface area contributed by atoms with Crippen molar-refractivity contribution >= 4 is 42.8 Å². The van der Waals surface area contributed by atoms with Gasteiger partial charge in [-0.3, -0.25) is 4.98 Å². The van der Waals surface area contributed by atoms with Crippen molar-refractivity contribution in [1.82, 2.24) is 14.2 Å². The van der Waals surface area contributed by atoms with Gasteiger partial charge in [-0.15, -0.1) is 0 Å². The van der Waals surface area contributed by atoms with Crippen molar-refractivity contribution in [3.8, 4) is 0 Å². The molecule has 0 unspecified atom stereocenters. The second-order valence-corrected chi connectivity index (χ2v) is 10.6. The van der Waals surface area contributed by atoms with Crippen LogP contribution in [0.2, 0.25) is 0 Å². The zero-order valence-electron chi connectivity index (χ0n) is 16.3. The second kappa shape index (κ2) is 7.61. The number of pyridine rings is 1. The Labute approximate surface area is 173 Å². The van der Waals surface area contributed by atoms with Crippen LogP contribution in [0, 0.1) is 0 Å². The number of nitrogens with zero attached hydrogens (tertiary/aromatic N) is 3. The molecule has 1 saturated heterocycles. The molecule has 1 aromatic carbocycles. The number of carbonyl (C=O) groups is 1. The summed E-state index contributed by atoms with van der Waals surface area (Å²) in [6.07, 6.45) is 3.34. The SMILES string of the molecule is CN(C(=O)OC(C)(C)C)[C@@H]1CCN(S(=O)(=O)c2cccc3cncc(Br)c23)C1. The third-order valence-corrected chi connectivity index (χ3v) is 7.18. The highest BCUT2D eigenvalue weighted by atomic mass is 79.9. The first-order valence-corrected chi connectivity index (χ1v) is 11.2. The number of aromatic nitrogens is 1. The molecular formula is C19H24BrN3O4S. The maximum absolute atomic E-state index is 13.3. The Morgan fingerprint density at radius 1 is 1.32 bits per heavy atom. The molecule has 1 amide bonds. The van der Waals surface area contributed by atoms with Crippen LogP contribution in [0.15, 0.2) is 40.0 Å². The van der Waals surface area contributed by atoms with Crippen molar-refractivity contribution in [3.63, 3.8) is 0 Å². The van der Waals surface area contributed by atoms with Crippen LogP contribution in [-0.4, -0.2) is 60.5 Å². The molecule has 0 N–H and O–H groups in total. The van der Waals surface area contributed by atoms with Gasteiger partial charge in [-0.25, -0.2) is 13.2 Å². The van der Waals surface area contributed by atoms with Gasteiger partial charge in [-0.05, 0) is 49.2 Å². The summed E-state index contributed by atoms with van der Waals surface area (Å²) in [6, 6.07) is 4.91. The summed E-state index contributed by atoms with van der Waals surface area (Å²) in [5, 5.41) is 1.36. The Kier molecular flexibility index (Phi) is 5.71. The fourth-order valence-electron chi connectivity index (χ4n) is 3.24. The van der Waals surface area contributed by atoms with Crippen molar-refractivity contribution in [1.29, 1.82) is 0 Å². The van der Waals surface area contributed by atoms with Crippen molar-refractivity contribution in [2.45, 2.75) is 43.7 Å². The zero-order chi connectivity index (χ0) is 20.7. The van der Waals surface area contributed by atoms with Crippen LogP contribution < -0.4 is 0 Å². The summed E-state index contributed by atoms with van der Waals surface area (Å²) in [6.45, 7) is 5.99. The molecular weight excluding hydrogens is 446 g/mol. The molecule has 2 heterocycles. The monoisotopic (exact) mass is 469 g/mol. The molecule has 1 atom stereocenters. The fourth-order valence-corrected chi connectivity index (χ4v) is 5.66. The number of hydrogen-bond donors (Lipinski definition) is 0. The van der Waals surface area contributed by atoms with Gasteiger partial charge in [0.15, 0.2) is 0 Å². The minimum atomic E-state index is -3.72. The number of fused-ring (bicyclic) bond motifs is 1. The molecule has 1 aliphatic heterocycles. The predicted octanol–water partition coefficient (Wildman–Crippen LogP) is 3.63. The summed E-state index contributed by atoms with van der Waals surface area (Å²) >= 11 is 3.42. The first kappa shape index (κ1) is 21.0. The lowest BCUT2D eigenvalue weighted by Crippen LogP contribution is -2.42. The molecule has 9 heteroatoms. The molecule has 1 fully saturated rings. The minimum absolute atomic E-state index is 0.232. The number of benzene rings is 1. The van der Waals surface area contributed by atoms with Gasteiger partial charge in [-0.1, -0.05) is 12.1 Å². The lowest BCUT2D eigenvalue weighted by atomic mass is 10.2. The van der Waals surface area contributed by atoms with Crippen molar-refractivity contribution in [2.24, 2.45) is 0 Å². The van der Waals surface area contributed by atoms with Crippen LogP contribution in [-0.2, 0) is 14.8 Å². The summed E-state index contributed by atoms with van der Waals surface area (Å²) in [5.74, 6) is 0. The molecule has 0 bridgehead atoms. The van der Waals surface area contributed by atoms with E-state index in [0.29, 0.717) is 22.8 Å². The number of sulfonamides is 1. The zero-order valence-corrected chi connectivity index (χ0v) is 18.7. The number of carbonyl (C=O) groups excluding carboxylic acids is 1. The van der Waals surface area contributed by atoms with E-state index in [1.165, 1.54) is 9.21 Å². The Bertz CT molecular complexity index is 999. The molecule has 152 valence electrons. The number of likely N-dealkylation sites (N-methyl/N-ethyl adjacent to an activating group) is 1. The van der Waals surface area contributed by atoms with Gasteiger partial charge < -0.3 is 9.64 Å². The van der Waals surface area contributed by atoms with Crippen LogP contribution in [0.4, 0.5) is 4.79 Å². The molecule has 3 rings (SSSR count). The maximum Gasteiger partial charge on any atom is 0.410 e. The van der Waals surface area contributed by atoms with Crippen LogP contribution in [0.5, 0.6) is 0 Å². The van der Waals surface area contributed by atoms with E-state index in [4.69, 9.17) is 4.74 Å². The second-order valence-electron chi connectivity index (χ2n) is 7.87. The van der Waals surface area contributed by atoms with Gasteiger partial charge in [0, 0.05) is 53.8 Å². The normalized spacial score (nSPS) is 18.4. The van der Waals surface area contributed by atoms with E-state index in [1.54, 1.807) is 52.3 Å². The van der Waals surface area contributed by atoms with E-state index in [0.717, 1.165) is 5.39 Å². The molecule has 0 radical (unpaired) electrons. The molecule has 0 saturated carbocycles. The fraction of sp³-hybridized carbons (Fsp3) is 0.474. The van der Waals surface area contributed by atoms with Gasteiger partial charge in [-0.2, -0.15) is 4.31 Å². The van der Waals surface area contributed by atoms with Crippen LogP contribution in [0.25, 0.3) is 10.8 Å². The number of rotatable bonds is 3. The maximum atomic E-state index is 13.3. The number of ether oxygens (including phenoxy) is 1. The van der Waals surface area contributed by atoms with E-state index in [2.05, 4.69) is 20.9 Å². The molecule has 1 aromatic heterocycles. The van der Waals surface area contributed by atoms with Gasteiger partial charge in [0.05, 0.1) is 4.90 Å². The molecule has 0 spiro atoms. The Hall–Kier alpha value is -1.71. The van der Waals surface area contributed by atoms with Gasteiger partial charge in [0.25, 0.3) is 0 Å². The average molecular weight is 470 g/mol. The molecule has 7 nitrogen and oxygen atoms in total. The van der Waals surface area contributed by atoms with Crippen LogP contribution >= 0.6 is 15.9 Å². The largest absolute Gasteiger partial charge is 0.444 e. The summed E-state index contributed by atoms with van der Waals surface area (Å²) < 4.78 is 34.1. The lowest BCUT2D eigenvalue weighted by Gasteiger charge is -2.28. The first-order chi connectivity index (χ1) is 13.0. The van der Waals surface area contributed by atoms with E-state index >= 15 is 0 Å². The first-order valence-electron chi connectivity index (χ1n) is 8.99. The molecule has 28 heavy (non-hydrogen) atoms. The highest BCUT2D eigenvalue weighted by Crippen LogP contribution is 2.32. The third kappa shape index (κ3) is 4.16. The average Bonchev–Trinajstić information content (AvgIpc) is 3.10. The molecule has 1 aliphatic rings. The van der Waals surface area contributed by atoms with Gasteiger partial charge in [0.2, 0.25) is 10.0 Å². The smallest absolute Gasteiger partial charge is 0.410 e. The summed E-state index contributed by atoms with van der Waals surface area (Å²) in [5.41, 5.74) is -0.598. The topological polar surface area (TPSA) is 79.8 Å². The van der Waals surface area contributed by atoms with Crippen molar-refractivity contribution < 1.29 is 17.9 Å². The van der Waals surface area contributed by atoms with Gasteiger partial charge >= 0.3 is 6.09 Å². The van der Waals surface area contributed by atoms with Crippen molar-refractivity contribution in [3.05, 3.63) is 35.1 Å². The highest BCUT2D eigenvalue weighted by Gasteiger charge is 2.37. The Morgan fingerprint density at radius 3 is 2.71 bits per heavy atom. The standard InChI is InChI=1S/C19H24BrN3O4S/c1-19(2,3)27-18(24)22(4)14-8-9-23(12-14)28(25,26)16-7-5-6-13-10-21-11-15(20)17(13)16/h5-7,10-11,14H,8-9,12H2,1-4H3/t14-/m1/s1. The van der Waals surface area contributed by atoms with E-state index in [9.17, 15) is 13.2 Å². The van der Waals surface area contributed by atoms with Gasteiger partial charge in [0.1, 0.15) is 5.60 Å². The van der Waals surface area contributed by atoms with Crippen LogP contribution in [0.3, 0.4) is 0 Å². The molecule has 2 aromatic rings. The van der Waals surface area contributed by atoms with E-state index in [1.807, 2.05) is 6.07 Å². The Balaban J connectivity index is 1.85. The lowest BCUT2D eigenvalue weighted by molar-refractivity contribution is 0.0232. The van der Waals surface area contributed by atoms with E-state index < -0.39 is 21.7 Å². The van der Waals surface area contributed by atoms with Crippen LogP contribution in [0.1, 0.15) is 27.2 Å². The number of amides is 1. The third-order valence-electron chi connectivity index (χ3n) is 4.67. The van der Waals surface area contributed by atoms with E-state index in [-0.39, 0.29) is 17.5 Å². The molecule has 0 aliphatic carbocycles. The number of halogens is 1. The van der Waals surface area contributed by atoms with Crippen molar-refractivity contribution in [2.75, 3.05) is 20.1 Å².